The molecule has 154 valence electrons. The van der Waals surface area contributed by atoms with Crippen LogP contribution in [0.1, 0.15) is 17.3 Å². The number of amides is 1. The summed E-state index contributed by atoms with van der Waals surface area (Å²) in [7, 11) is 0. The van der Waals surface area contributed by atoms with Crippen LogP contribution >= 0.6 is 34.8 Å². The lowest BCUT2D eigenvalue weighted by molar-refractivity contribution is -0.384. The van der Waals surface area contributed by atoms with E-state index in [0.717, 1.165) is 19.6 Å². The van der Waals surface area contributed by atoms with Crippen molar-refractivity contribution in [1.82, 2.24) is 4.90 Å². The first-order chi connectivity index (χ1) is 13.8. The van der Waals surface area contributed by atoms with E-state index in [1.54, 1.807) is 6.07 Å². The highest BCUT2D eigenvalue weighted by Crippen LogP contribution is 2.37. The van der Waals surface area contributed by atoms with E-state index in [9.17, 15) is 14.9 Å². The second kappa shape index (κ2) is 9.17. The molecule has 1 aliphatic heterocycles. The summed E-state index contributed by atoms with van der Waals surface area (Å²) < 4.78 is 0. The van der Waals surface area contributed by atoms with Crippen molar-refractivity contribution in [3.8, 4) is 0 Å². The van der Waals surface area contributed by atoms with Crippen molar-refractivity contribution >= 4 is 57.8 Å². The molecule has 0 bridgehead atoms. The number of nitro groups is 1. The molecule has 7 nitrogen and oxygen atoms in total. The summed E-state index contributed by atoms with van der Waals surface area (Å²) in [5.74, 6) is -0.443. The van der Waals surface area contributed by atoms with Gasteiger partial charge in [0.05, 0.1) is 25.7 Å². The Labute approximate surface area is 183 Å². The van der Waals surface area contributed by atoms with Crippen LogP contribution in [0, 0.1) is 10.1 Å². The molecule has 2 aromatic rings. The number of carbonyl (C=O) groups is 1. The highest BCUT2D eigenvalue weighted by atomic mass is 35.5. The van der Waals surface area contributed by atoms with E-state index in [2.05, 4.69) is 17.1 Å². The Hall–Kier alpha value is -2.06. The predicted octanol–water partition coefficient (Wildman–Crippen LogP) is 4.95. The van der Waals surface area contributed by atoms with E-state index < -0.39 is 10.8 Å². The van der Waals surface area contributed by atoms with Crippen LogP contribution in [0.3, 0.4) is 0 Å². The van der Waals surface area contributed by atoms with Crippen molar-refractivity contribution in [1.29, 1.82) is 0 Å². The third-order valence-electron chi connectivity index (χ3n) is 4.85. The zero-order chi connectivity index (χ0) is 21.1. The largest absolute Gasteiger partial charge is 0.363 e. The van der Waals surface area contributed by atoms with Crippen LogP contribution in [-0.4, -0.2) is 48.5 Å². The van der Waals surface area contributed by atoms with Gasteiger partial charge < -0.3 is 15.1 Å². The van der Waals surface area contributed by atoms with Gasteiger partial charge >= 0.3 is 0 Å². The topological polar surface area (TPSA) is 78.7 Å². The second-order valence-electron chi connectivity index (χ2n) is 6.58. The molecule has 0 atom stereocenters. The van der Waals surface area contributed by atoms with Gasteiger partial charge in [-0.3, -0.25) is 14.9 Å². The molecule has 3 rings (SSSR count). The molecule has 1 fully saturated rings. The van der Waals surface area contributed by atoms with Gasteiger partial charge in [0, 0.05) is 37.8 Å². The van der Waals surface area contributed by atoms with Crippen molar-refractivity contribution in [2.24, 2.45) is 0 Å². The number of hydrogen-bond acceptors (Lipinski definition) is 5. The summed E-state index contributed by atoms with van der Waals surface area (Å²) in [5.41, 5.74) is 0.931. The highest BCUT2D eigenvalue weighted by Gasteiger charge is 2.26. The third kappa shape index (κ3) is 4.93. The zero-order valence-electron chi connectivity index (χ0n) is 15.6. The summed E-state index contributed by atoms with van der Waals surface area (Å²) in [6, 6.07) is 7.33. The standard InChI is InChI=1S/C19H19Cl3N4O3/c1-2-24-5-7-25(8-6-24)17-11-16(15(22)10-18(17)26(28)29)23-19(27)12-3-4-13(20)14(21)9-12/h3-4,9-11H,2,5-8H2,1H3,(H,23,27). The number of nitrogens with one attached hydrogen (secondary N) is 1. The second-order valence-corrected chi connectivity index (χ2v) is 7.80. The average Bonchev–Trinajstić information content (AvgIpc) is 2.71. The van der Waals surface area contributed by atoms with Crippen LogP contribution in [0.25, 0.3) is 0 Å². The van der Waals surface area contributed by atoms with E-state index in [0.29, 0.717) is 35.1 Å². The van der Waals surface area contributed by atoms with Gasteiger partial charge in [-0.05, 0) is 30.8 Å². The average molecular weight is 458 g/mol. The Balaban J connectivity index is 1.90. The van der Waals surface area contributed by atoms with Gasteiger partial charge in [-0.15, -0.1) is 0 Å². The van der Waals surface area contributed by atoms with Crippen molar-refractivity contribution in [3.63, 3.8) is 0 Å². The van der Waals surface area contributed by atoms with E-state index in [-0.39, 0.29) is 15.7 Å². The van der Waals surface area contributed by atoms with Gasteiger partial charge in [-0.1, -0.05) is 41.7 Å². The number of rotatable bonds is 5. The predicted molar refractivity (Wildman–Crippen MR) is 117 cm³/mol. The Bertz CT molecular complexity index is 947. The minimum atomic E-state index is -0.460. The number of halogens is 3. The van der Waals surface area contributed by atoms with E-state index >= 15 is 0 Å². The zero-order valence-corrected chi connectivity index (χ0v) is 17.9. The lowest BCUT2D eigenvalue weighted by Crippen LogP contribution is -2.46. The number of anilines is 2. The quantitative estimate of drug-likeness (QED) is 0.508. The SMILES string of the molecule is CCN1CCN(c2cc(NC(=O)c3ccc(Cl)c(Cl)c3)c(Cl)cc2[N+](=O)[O-])CC1. The minimum Gasteiger partial charge on any atom is -0.363 e. The number of hydrogen-bond donors (Lipinski definition) is 1. The molecular formula is C19H19Cl3N4O3. The Morgan fingerprint density at radius 3 is 2.34 bits per heavy atom. The van der Waals surface area contributed by atoms with E-state index in [1.165, 1.54) is 24.3 Å². The third-order valence-corrected chi connectivity index (χ3v) is 5.90. The summed E-state index contributed by atoms with van der Waals surface area (Å²) in [6.45, 7) is 5.92. The monoisotopic (exact) mass is 456 g/mol. The number of carbonyl (C=O) groups excluding carboxylic acids is 1. The number of benzene rings is 2. The van der Waals surface area contributed by atoms with Crippen LogP contribution in [-0.2, 0) is 0 Å². The Morgan fingerprint density at radius 1 is 1.07 bits per heavy atom. The number of nitrogens with zero attached hydrogens (tertiary/aromatic N) is 3. The summed E-state index contributed by atoms with van der Waals surface area (Å²) in [6.07, 6.45) is 0. The lowest BCUT2D eigenvalue weighted by Gasteiger charge is -2.35. The number of nitro benzene ring substituents is 1. The van der Waals surface area contributed by atoms with Gasteiger partial charge in [0.2, 0.25) is 0 Å². The summed E-state index contributed by atoms with van der Waals surface area (Å²) in [4.78, 5) is 27.9. The van der Waals surface area contributed by atoms with Crippen molar-refractivity contribution < 1.29 is 9.72 Å². The van der Waals surface area contributed by atoms with E-state index in [4.69, 9.17) is 34.8 Å². The molecule has 29 heavy (non-hydrogen) atoms. The normalized spacial score (nSPS) is 14.7. The molecule has 0 aliphatic carbocycles. The van der Waals surface area contributed by atoms with Gasteiger partial charge in [-0.25, -0.2) is 0 Å². The fourth-order valence-corrected chi connectivity index (χ4v) is 3.69. The van der Waals surface area contributed by atoms with Gasteiger partial charge in [-0.2, -0.15) is 0 Å². The Kier molecular flexibility index (Phi) is 6.85. The van der Waals surface area contributed by atoms with Crippen molar-refractivity contribution in [3.05, 3.63) is 61.1 Å². The number of likely N-dealkylation sites (N-methyl/N-ethyl adjacent to an activating group) is 1. The summed E-state index contributed by atoms with van der Waals surface area (Å²) in [5, 5.41) is 14.9. The molecule has 0 aromatic heterocycles. The number of piperazine rings is 1. The fourth-order valence-electron chi connectivity index (χ4n) is 3.18. The fraction of sp³-hybridized carbons (Fsp3) is 0.316. The first-order valence-electron chi connectivity index (χ1n) is 9.01. The molecule has 1 saturated heterocycles. The highest BCUT2D eigenvalue weighted by molar-refractivity contribution is 6.42. The molecule has 1 heterocycles. The maximum Gasteiger partial charge on any atom is 0.294 e. The van der Waals surface area contributed by atoms with Crippen LogP contribution in [0.4, 0.5) is 17.1 Å². The van der Waals surface area contributed by atoms with Gasteiger partial charge in [0.25, 0.3) is 11.6 Å². The smallest absolute Gasteiger partial charge is 0.294 e. The molecule has 1 N–H and O–H groups in total. The molecule has 0 unspecified atom stereocenters. The minimum absolute atomic E-state index is 0.0843. The van der Waals surface area contributed by atoms with Crippen LogP contribution in [0.15, 0.2) is 30.3 Å². The lowest BCUT2D eigenvalue weighted by atomic mass is 10.1. The van der Waals surface area contributed by atoms with E-state index in [1.807, 2.05) is 4.90 Å². The van der Waals surface area contributed by atoms with Crippen LogP contribution in [0.5, 0.6) is 0 Å². The maximum atomic E-state index is 12.6. The van der Waals surface area contributed by atoms with Gasteiger partial charge in [0.1, 0.15) is 5.69 Å². The van der Waals surface area contributed by atoms with Crippen molar-refractivity contribution in [2.45, 2.75) is 6.92 Å². The molecule has 0 saturated carbocycles. The first-order valence-corrected chi connectivity index (χ1v) is 10.1. The van der Waals surface area contributed by atoms with Crippen LogP contribution in [0.2, 0.25) is 15.1 Å². The molecular weight excluding hydrogens is 439 g/mol. The van der Waals surface area contributed by atoms with Crippen LogP contribution < -0.4 is 10.2 Å². The Morgan fingerprint density at radius 2 is 1.76 bits per heavy atom. The molecule has 0 spiro atoms. The maximum absolute atomic E-state index is 12.6. The molecule has 0 radical (unpaired) electrons. The molecule has 1 amide bonds. The molecule has 2 aromatic carbocycles. The first kappa shape index (κ1) is 21.6. The summed E-state index contributed by atoms with van der Waals surface area (Å²) >= 11 is 18.1. The molecule has 10 heteroatoms. The molecule has 1 aliphatic rings. The van der Waals surface area contributed by atoms with Gasteiger partial charge in [0.15, 0.2) is 0 Å². The van der Waals surface area contributed by atoms with Crippen molar-refractivity contribution in [2.75, 3.05) is 42.9 Å².